The average molecular weight is 458 g/mol. The molecule has 0 radical (unpaired) electrons. The molecule has 2 heterocycles. The molecule has 1 atom stereocenters. The number of pyridine rings is 1. The number of carbonyl (C=O) groups excluding carboxylic acids is 1. The van der Waals surface area contributed by atoms with Crippen LogP contribution < -0.4 is 0 Å². The second-order valence-electron chi connectivity index (χ2n) is 7.25. The molecular weight excluding hydrogens is 436 g/mol. The number of nitrogens with zero attached hydrogens (tertiary/aromatic N) is 2. The fourth-order valence-electron chi connectivity index (χ4n) is 3.29. The first-order chi connectivity index (χ1) is 15.2. The highest BCUT2D eigenvalue weighted by Gasteiger charge is 2.27. The number of ketones is 1. The van der Waals surface area contributed by atoms with Crippen LogP contribution in [0.2, 0.25) is 0 Å². The maximum absolute atomic E-state index is 12.8. The summed E-state index contributed by atoms with van der Waals surface area (Å²) in [6, 6.07) is 11.1. The lowest BCUT2D eigenvalue weighted by Gasteiger charge is -2.14. The molecule has 1 aromatic carbocycles. The van der Waals surface area contributed by atoms with Gasteiger partial charge < -0.3 is 15.3 Å². The number of carboxylic acid groups (broad SMARTS) is 1. The van der Waals surface area contributed by atoms with Crippen LogP contribution in [0.4, 0.5) is 0 Å². The fourth-order valence-corrected chi connectivity index (χ4v) is 4.88. The first-order valence-corrected chi connectivity index (χ1v) is 11.4. The van der Waals surface area contributed by atoms with Crippen LogP contribution in [0, 0.1) is 5.92 Å². The van der Waals surface area contributed by atoms with Crippen LogP contribution >= 0.6 is 0 Å². The molecule has 0 saturated heterocycles. The van der Waals surface area contributed by atoms with E-state index in [1.54, 1.807) is 12.1 Å². The van der Waals surface area contributed by atoms with Crippen LogP contribution in [0.1, 0.15) is 28.8 Å². The number of carboxylic acids is 1. The van der Waals surface area contributed by atoms with E-state index in [2.05, 4.69) is 4.98 Å². The zero-order chi connectivity index (χ0) is 23.3. The first-order valence-electron chi connectivity index (χ1n) is 9.77. The molecule has 32 heavy (non-hydrogen) atoms. The molecule has 0 bridgehead atoms. The van der Waals surface area contributed by atoms with E-state index in [0.29, 0.717) is 11.1 Å². The van der Waals surface area contributed by atoms with Crippen LogP contribution in [-0.4, -0.2) is 50.8 Å². The zero-order valence-electron chi connectivity index (χ0n) is 17.0. The Labute approximate surface area is 184 Å². The second-order valence-corrected chi connectivity index (χ2v) is 9.28. The van der Waals surface area contributed by atoms with Crippen LogP contribution in [0.15, 0.2) is 65.8 Å². The van der Waals surface area contributed by atoms with Crippen LogP contribution in [0.3, 0.4) is 0 Å². The van der Waals surface area contributed by atoms with Gasteiger partial charge in [-0.3, -0.25) is 19.1 Å². The Hall–Kier alpha value is -3.66. The summed E-state index contributed by atoms with van der Waals surface area (Å²) in [4.78, 5) is 27.8. The standard InChI is InChI=1S/C22H22N2O7S/c25-19-7-8-20(26)24(19)13-1-2-17(22(28)29)14-32(30,31)18-5-3-15(4-6-18)21(27)16-9-11-23-12-10-16/h3-12,17,25-26H,1-2,13-14H2,(H,28,29). The molecule has 0 spiro atoms. The summed E-state index contributed by atoms with van der Waals surface area (Å²) < 4.78 is 26.7. The summed E-state index contributed by atoms with van der Waals surface area (Å²) in [6.07, 6.45) is 3.24. The lowest BCUT2D eigenvalue weighted by atomic mass is 10.1. The Bertz CT molecular complexity index is 1180. The summed E-state index contributed by atoms with van der Waals surface area (Å²) in [5, 5.41) is 28.8. The third-order valence-corrected chi connectivity index (χ3v) is 6.89. The number of hydrogen-bond donors (Lipinski definition) is 3. The van der Waals surface area contributed by atoms with E-state index in [1.807, 2.05) is 0 Å². The minimum absolute atomic E-state index is 0.0320. The molecule has 3 aromatic rings. The van der Waals surface area contributed by atoms with E-state index in [-0.39, 0.29) is 41.8 Å². The molecule has 168 valence electrons. The van der Waals surface area contributed by atoms with Crippen molar-refractivity contribution in [1.82, 2.24) is 9.55 Å². The number of benzene rings is 1. The van der Waals surface area contributed by atoms with E-state index in [4.69, 9.17) is 0 Å². The molecule has 1 unspecified atom stereocenters. The van der Waals surface area contributed by atoms with Crippen LogP contribution in [-0.2, 0) is 21.2 Å². The number of aromatic nitrogens is 2. The highest BCUT2D eigenvalue weighted by molar-refractivity contribution is 7.91. The van der Waals surface area contributed by atoms with Crippen molar-refractivity contribution in [3.05, 3.63) is 72.1 Å². The Morgan fingerprint density at radius 1 is 0.906 bits per heavy atom. The van der Waals surface area contributed by atoms with Crippen molar-refractivity contribution in [1.29, 1.82) is 0 Å². The second kappa shape index (κ2) is 9.65. The molecule has 3 rings (SSSR count). The number of aliphatic carboxylic acids is 1. The van der Waals surface area contributed by atoms with Gasteiger partial charge in [0.2, 0.25) is 0 Å². The molecule has 0 aliphatic heterocycles. The molecule has 9 nitrogen and oxygen atoms in total. The van der Waals surface area contributed by atoms with Crippen LogP contribution in [0.5, 0.6) is 11.8 Å². The molecule has 0 aliphatic rings. The van der Waals surface area contributed by atoms with E-state index < -0.39 is 27.5 Å². The Morgan fingerprint density at radius 3 is 2.03 bits per heavy atom. The van der Waals surface area contributed by atoms with E-state index in [0.717, 1.165) is 0 Å². The van der Waals surface area contributed by atoms with E-state index in [9.17, 15) is 33.3 Å². The predicted molar refractivity (Wildman–Crippen MR) is 114 cm³/mol. The van der Waals surface area contributed by atoms with Gasteiger partial charge in [0, 0.05) is 42.2 Å². The maximum atomic E-state index is 12.8. The van der Waals surface area contributed by atoms with Gasteiger partial charge in [-0.15, -0.1) is 0 Å². The van der Waals surface area contributed by atoms with E-state index >= 15 is 0 Å². The minimum Gasteiger partial charge on any atom is -0.494 e. The quantitative estimate of drug-likeness (QED) is 0.393. The van der Waals surface area contributed by atoms with Crippen molar-refractivity contribution in [3.8, 4) is 11.8 Å². The van der Waals surface area contributed by atoms with Gasteiger partial charge in [0.1, 0.15) is 0 Å². The molecule has 10 heteroatoms. The highest BCUT2D eigenvalue weighted by atomic mass is 32.2. The van der Waals surface area contributed by atoms with E-state index in [1.165, 1.54) is 53.4 Å². The minimum atomic E-state index is -3.92. The lowest BCUT2D eigenvalue weighted by Crippen LogP contribution is -2.24. The number of carbonyl (C=O) groups is 2. The predicted octanol–water partition coefficient (Wildman–Crippen LogP) is 2.48. The molecular formula is C22H22N2O7S. The highest BCUT2D eigenvalue weighted by Crippen LogP contribution is 2.24. The van der Waals surface area contributed by atoms with Crippen molar-refractivity contribution >= 4 is 21.6 Å². The van der Waals surface area contributed by atoms with Gasteiger partial charge in [0.25, 0.3) is 0 Å². The Morgan fingerprint density at radius 2 is 1.47 bits per heavy atom. The Kier molecular flexibility index (Phi) is 6.94. The molecule has 3 N–H and O–H groups in total. The number of sulfone groups is 1. The van der Waals surface area contributed by atoms with Gasteiger partial charge in [-0.25, -0.2) is 8.42 Å². The maximum Gasteiger partial charge on any atom is 0.307 e. The topological polar surface area (TPSA) is 147 Å². The summed E-state index contributed by atoms with van der Waals surface area (Å²) in [5.41, 5.74) is 0.720. The molecule has 0 fully saturated rings. The molecule has 2 aromatic heterocycles. The fraction of sp³-hybridized carbons (Fsp3) is 0.227. The molecule has 0 saturated carbocycles. The first kappa shape index (κ1) is 23.0. The summed E-state index contributed by atoms with van der Waals surface area (Å²) in [7, 11) is -3.92. The summed E-state index contributed by atoms with van der Waals surface area (Å²) >= 11 is 0. The third-order valence-electron chi connectivity index (χ3n) is 5.06. The SMILES string of the molecule is O=C(c1ccncc1)c1ccc(S(=O)(=O)CC(CCCn2c(O)ccc2O)C(=O)O)cc1. The zero-order valence-corrected chi connectivity index (χ0v) is 17.8. The van der Waals surface area contributed by atoms with Gasteiger partial charge in [0.15, 0.2) is 27.4 Å². The molecule has 0 aliphatic carbocycles. The average Bonchev–Trinajstić information content (AvgIpc) is 3.10. The van der Waals surface area contributed by atoms with Gasteiger partial charge in [0.05, 0.1) is 16.6 Å². The lowest BCUT2D eigenvalue weighted by molar-refractivity contribution is -0.141. The smallest absolute Gasteiger partial charge is 0.307 e. The largest absolute Gasteiger partial charge is 0.494 e. The van der Waals surface area contributed by atoms with Gasteiger partial charge in [-0.2, -0.15) is 0 Å². The van der Waals surface area contributed by atoms with Crippen molar-refractivity contribution in [2.75, 3.05) is 5.75 Å². The van der Waals surface area contributed by atoms with Crippen molar-refractivity contribution < 1.29 is 33.3 Å². The van der Waals surface area contributed by atoms with Gasteiger partial charge in [-0.05, 0) is 49.2 Å². The summed E-state index contributed by atoms with van der Waals surface area (Å²) in [5.74, 6) is -3.64. The normalized spacial score (nSPS) is 12.4. The van der Waals surface area contributed by atoms with Gasteiger partial charge in [-0.1, -0.05) is 0 Å². The monoisotopic (exact) mass is 458 g/mol. The van der Waals surface area contributed by atoms with Crippen molar-refractivity contribution in [2.24, 2.45) is 5.92 Å². The van der Waals surface area contributed by atoms with Crippen molar-refractivity contribution in [3.63, 3.8) is 0 Å². The van der Waals surface area contributed by atoms with Crippen LogP contribution in [0.25, 0.3) is 0 Å². The van der Waals surface area contributed by atoms with Crippen molar-refractivity contribution in [2.45, 2.75) is 24.3 Å². The Balaban J connectivity index is 1.67. The number of aromatic hydroxyl groups is 2. The summed E-state index contributed by atoms with van der Waals surface area (Å²) in [6.45, 7) is 0.139. The third kappa shape index (κ3) is 5.33. The number of hydrogen-bond acceptors (Lipinski definition) is 7. The number of rotatable bonds is 10. The van der Waals surface area contributed by atoms with Gasteiger partial charge >= 0.3 is 5.97 Å². The molecule has 0 amide bonds.